The Morgan fingerprint density at radius 3 is 2.69 bits per heavy atom. The number of ether oxygens (including phenoxy) is 1. The van der Waals surface area contributed by atoms with E-state index in [1.54, 1.807) is 5.41 Å². The monoisotopic (exact) mass is 204 g/mol. The number of rotatable bonds is 7. The Kier molecular flexibility index (Phi) is 8.54. The zero-order valence-electron chi connectivity index (χ0n) is 8.66. The molecule has 0 bridgehead atoms. The molecule has 0 amide bonds. The number of hydrogen-bond donors (Lipinski definition) is 2. The molecule has 0 radical (unpaired) electrons. The Hall–Kier alpha value is -0.0300. The van der Waals surface area contributed by atoms with Gasteiger partial charge in [-0.15, -0.1) is 0 Å². The SMILES string of the molecule is CNC(C=CS)COCCN(C)C. The third-order valence-electron chi connectivity index (χ3n) is 1.67. The number of nitrogens with zero attached hydrogens (tertiary/aromatic N) is 1. The van der Waals surface area contributed by atoms with Crippen molar-refractivity contribution < 1.29 is 4.74 Å². The molecule has 4 heteroatoms. The van der Waals surface area contributed by atoms with Crippen molar-refractivity contribution in [3.63, 3.8) is 0 Å². The number of thiol groups is 1. The summed E-state index contributed by atoms with van der Waals surface area (Å²) in [6, 6.07) is 0.264. The highest BCUT2D eigenvalue weighted by atomic mass is 32.1. The van der Waals surface area contributed by atoms with E-state index >= 15 is 0 Å². The average molecular weight is 204 g/mol. The molecule has 0 aromatic carbocycles. The first-order valence-corrected chi connectivity index (χ1v) is 4.93. The minimum Gasteiger partial charge on any atom is -0.378 e. The molecule has 3 nitrogen and oxygen atoms in total. The predicted molar refractivity (Wildman–Crippen MR) is 60.3 cm³/mol. The quantitative estimate of drug-likeness (QED) is 0.469. The van der Waals surface area contributed by atoms with Gasteiger partial charge in [-0.1, -0.05) is 6.08 Å². The first-order chi connectivity index (χ1) is 6.20. The lowest BCUT2D eigenvalue weighted by Crippen LogP contribution is -2.29. The third-order valence-corrected chi connectivity index (χ3v) is 1.84. The van der Waals surface area contributed by atoms with E-state index in [1.165, 1.54) is 0 Å². The lowest BCUT2D eigenvalue weighted by molar-refractivity contribution is 0.108. The predicted octanol–water partition coefficient (Wildman–Crippen LogP) is 0.596. The van der Waals surface area contributed by atoms with Gasteiger partial charge in [0.05, 0.1) is 13.2 Å². The fraction of sp³-hybridized carbons (Fsp3) is 0.778. The minimum atomic E-state index is 0.264. The van der Waals surface area contributed by atoms with Crippen LogP contribution >= 0.6 is 12.6 Å². The van der Waals surface area contributed by atoms with Crippen LogP contribution in [0.25, 0.3) is 0 Å². The van der Waals surface area contributed by atoms with Gasteiger partial charge in [0.15, 0.2) is 0 Å². The molecule has 1 unspecified atom stereocenters. The Bertz CT molecular complexity index is 140. The molecule has 0 rings (SSSR count). The second-order valence-electron chi connectivity index (χ2n) is 3.11. The zero-order valence-corrected chi connectivity index (χ0v) is 9.55. The number of likely N-dealkylation sites (N-methyl/N-ethyl adjacent to an activating group) is 2. The molecule has 0 aliphatic heterocycles. The molecule has 0 spiro atoms. The van der Waals surface area contributed by atoms with Crippen molar-refractivity contribution in [2.75, 3.05) is 40.9 Å². The summed E-state index contributed by atoms with van der Waals surface area (Å²) in [7, 11) is 5.98. The maximum atomic E-state index is 5.46. The van der Waals surface area contributed by atoms with Gasteiger partial charge in [-0.05, 0) is 26.6 Å². The fourth-order valence-electron chi connectivity index (χ4n) is 0.796. The number of hydrogen-bond acceptors (Lipinski definition) is 4. The van der Waals surface area contributed by atoms with E-state index in [0.29, 0.717) is 6.61 Å². The Labute approximate surface area is 86.5 Å². The largest absolute Gasteiger partial charge is 0.378 e. The van der Waals surface area contributed by atoms with Gasteiger partial charge in [0.25, 0.3) is 0 Å². The molecule has 0 aliphatic rings. The van der Waals surface area contributed by atoms with Crippen molar-refractivity contribution in [3.8, 4) is 0 Å². The first kappa shape index (κ1) is 13.0. The molecule has 0 saturated heterocycles. The summed E-state index contributed by atoms with van der Waals surface area (Å²) in [4.78, 5) is 2.10. The van der Waals surface area contributed by atoms with E-state index in [2.05, 4.69) is 22.8 Å². The molecule has 0 heterocycles. The van der Waals surface area contributed by atoms with Gasteiger partial charge in [0.1, 0.15) is 0 Å². The lowest BCUT2D eigenvalue weighted by Gasteiger charge is -2.13. The van der Waals surface area contributed by atoms with Crippen molar-refractivity contribution in [2.45, 2.75) is 6.04 Å². The highest BCUT2D eigenvalue weighted by Crippen LogP contribution is 1.90. The minimum absolute atomic E-state index is 0.264. The average Bonchev–Trinajstić information content (AvgIpc) is 2.10. The maximum Gasteiger partial charge on any atom is 0.0656 e. The van der Waals surface area contributed by atoms with Crippen LogP contribution in [-0.2, 0) is 4.74 Å². The molecule has 13 heavy (non-hydrogen) atoms. The van der Waals surface area contributed by atoms with E-state index in [9.17, 15) is 0 Å². The number of nitrogens with one attached hydrogen (secondary N) is 1. The van der Waals surface area contributed by atoms with Gasteiger partial charge in [-0.3, -0.25) is 0 Å². The van der Waals surface area contributed by atoms with Gasteiger partial charge in [0.2, 0.25) is 0 Å². The molecule has 78 valence electrons. The van der Waals surface area contributed by atoms with E-state index in [4.69, 9.17) is 4.74 Å². The fourth-order valence-corrected chi connectivity index (χ4v) is 1.00. The molecule has 0 aliphatic carbocycles. The molecular formula is C9H20N2OS. The lowest BCUT2D eigenvalue weighted by atomic mass is 10.3. The molecule has 0 aromatic heterocycles. The Balaban J connectivity index is 3.38. The van der Waals surface area contributed by atoms with E-state index in [0.717, 1.165) is 13.2 Å². The van der Waals surface area contributed by atoms with Crippen LogP contribution < -0.4 is 5.32 Å². The molecule has 0 saturated carbocycles. The topological polar surface area (TPSA) is 24.5 Å². The Morgan fingerprint density at radius 2 is 2.23 bits per heavy atom. The van der Waals surface area contributed by atoms with Crippen molar-refractivity contribution in [3.05, 3.63) is 11.5 Å². The summed E-state index contributed by atoms with van der Waals surface area (Å²) in [5.41, 5.74) is 0. The van der Waals surface area contributed by atoms with Gasteiger partial charge in [-0.25, -0.2) is 0 Å². The van der Waals surface area contributed by atoms with E-state index in [-0.39, 0.29) is 6.04 Å². The summed E-state index contributed by atoms with van der Waals surface area (Å²) in [6.07, 6.45) is 1.97. The zero-order chi connectivity index (χ0) is 10.1. The first-order valence-electron chi connectivity index (χ1n) is 4.41. The third kappa shape index (κ3) is 8.30. The molecule has 0 aromatic rings. The van der Waals surface area contributed by atoms with Gasteiger partial charge >= 0.3 is 0 Å². The maximum absolute atomic E-state index is 5.46. The van der Waals surface area contributed by atoms with Crippen LogP contribution in [0.4, 0.5) is 0 Å². The normalized spacial score (nSPS) is 14.2. The van der Waals surface area contributed by atoms with Crippen molar-refractivity contribution in [2.24, 2.45) is 0 Å². The van der Waals surface area contributed by atoms with Crippen LogP contribution in [0, 0.1) is 0 Å². The van der Waals surface area contributed by atoms with Crippen molar-refractivity contribution >= 4 is 12.6 Å². The van der Waals surface area contributed by atoms with Crippen LogP contribution in [-0.4, -0.2) is 51.8 Å². The van der Waals surface area contributed by atoms with Crippen molar-refractivity contribution in [1.29, 1.82) is 0 Å². The second-order valence-corrected chi connectivity index (χ2v) is 3.41. The highest BCUT2D eigenvalue weighted by Gasteiger charge is 2.00. The van der Waals surface area contributed by atoms with Crippen LogP contribution in [0.5, 0.6) is 0 Å². The van der Waals surface area contributed by atoms with E-state index < -0.39 is 0 Å². The van der Waals surface area contributed by atoms with Gasteiger partial charge in [-0.2, -0.15) is 12.6 Å². The summed E-state index contributed by atoms with van der Waals surface area (Å²) in [5, 5.41) is 4.85. The molecule has 1 N–H and O–H groups in total. The second kappa shape index (κ2) is 8.56. The van der Waals surface area contributed by atoms with E-state index in [1.807, 2.05) is 27.2 Å². The van der Waals surface area contributed by atoms with Crippen molar-refractivity contribution in [1.82, 2.24) is 10.2 Å². The van der Waals surface area contributed by atoms with Crippen LogP contribution in [0.15, 0.2) is 11.5 Å². The standard InChI is InChI=1S/C9H20N2OS/c1-10-9(4-7-13)8-12-6-5-11(2)3/h4,7,9-10,13H,5-6,8H2,1-3H3. The smallest absolute Gasteiger partial charge is 0.0656 e. The highest BCUT2D eigenvalue weighted by molar-refractivity contribution is 7.83. The summed E-state index contributed by atoms with van der Waals surface area (Å²) < 4.78 is 5.46. The molecule has 0 fully saturated rings. The van der Waals surface area contributed by atoms with Crippen LogP contribution in [0.1, 0.15) is 0 Å². The summed E-state index contributed by atoms with van der Waals surface area (Å²) in [6.45, 7) is 2.42. The Morgan fingerprint density at radius 1 is 1.54 bits per heavy atom. The summed E-state index contributed by atoms with van der Waals surface area (Å²) >= 11 is 4.01. The van der Waals surface area contributed by atoms with Crippen LogP contribution in [0.3, 0.4) is 0 Å². The molecular weight excluding hydrogens is 184 g/mol. The van der Waals surface area contributed by atoms with Gasteiger partial charge < -0.3 is 15.0 Å². The summed E-state index contributed by atoms with van der Waals surface area (Å²) in [5.74, 6) is 0. The van der Waals surface area contributed by atoms with Gasteiger partial charge in [0, 0.05) is 12.6 Å². The van der Waals surface area contributed by atoms with Crippen LogP contribution in [0.2, 0.25) is 0 Å². The molecule has 1 atom stereocenters.